The summed E-state index contributed by atoms with van der Waals surface area (Å²) in [6, 6.07) is 4.74. The van der Waals surface area contributed by atoms with Crippen LogP contribution in [0.5, 0.6) is 0 Å². The van der Waals surface area contributed by atoms with Gasteiger partial charge in [-0.2, -0.15) is 9.61 Å². The van der Waals surface area contributed by atoms with Crippen LogP contribution in [0.25, 0.3) is 17.5 Å². The van der Waals surface area contributed by atoms with Crippen molar-refractivity contribution in [2.45, 2.75) is 19.8 Å². The van der Waals surface area contributed by atoms with E-state index in [2.05, 4.69) is 27.2 Å². The Morgan fingerprint density at radius 1 is 1.36 bits per heavy atom. The van der Waals surface area contributed by atoms with Crippen molar-refractivity contribution in [2.75, 3.05) is 18.5 Å². The lowest BCUT2D eigenvalue weighted by Crippen LogP contribution is -2.13. The molecule has 0 saturated heterocycles. The normalized spacial score (nSPS) is 13.9. The summed E-state index contributed by atoms with van der Waals surface area (Å²) >= 11 is 0. The lowest BCUT2D eigenvalue weighted by atomic mass is 9.94. The topological polar surface area (TPSA) is 64.3 Å². The van der Waals surface area contributed by atoms with Crippen LogP contribution in [0.4, 0.5) is 14.5 Å². The van der Waals surface area contributed by atoms with Gasteiger partial charge in [0.15, 0.2) is 11.5 Å². The maximum absolute atomic E-state index is 15.1. The van der Waals surface area contributed by atoms with Crippen LogP contribution in [0, 0.1) is 11.6 Å². The van der Waals surface area contributed by atoms with E-state index in [4.69, 9.17) is 4.74 Å². The van der Waals surface area contributed by atoms with E-state index in [-0.39, 0.29) is 5.56 Å². The van der Waals surface area contributed by atoms with Crippen molar-refractivity contribution in [1.82, 2.24) is 19.8 Å². The molecule has 1 unspecified atom stereocenters. The van der Waals surface area contributed by atoms with Crippen molar-refractivity contribution < 1.29 is 13.5 Å². The van der Waals surface area contributed by atoms with E-state index in [0.717, 1.165) is 0 Å². The number of anilines is 1. The molecule has 0 bridgehead atoms. The van der Waals surface area contributed by atoms with Crippen LogP contribution in [0.15, 0.2) is 30.9 Å². The van der Waals surface area contributed by atoms with Crippen molar-refractivity contribution >= 4 is 23.2 Å². The first kappa shape index (κ1) is 18.1. The highest BCUT2D eigenvalue weighted by Crippen LogP contribution is 2.34. The van der Waals surface area contributed by atoms with Crippen molar-refractivity contribution in [3.63, 3.8) is 0 Å². The fourth-order valence-electron chi connectivity index (χ4n) is 3.30. The van der Waals surface area contributed by atoms with E-state index in [1.54, 1.807) is 31.2 Å². The summed E-state index contributed by atoms with van der Waals surface area (Å²) in [6.07, 6.45) is 3.44. The Balaban J connectivity index is 1.82. The average molecular weight is 383 g/mol. The Hall–Kier alpha value is -3.29. The zero-order valence-corrected chi connectivity index (χ0v) is 15.5. The number of fused-ring (bicyclic) bond motifs is 2. The summed E-state index contributed by atoms with van der Waals surface area (Å²) in [7, 11) is 0. The summed E-state index contributed by atoms with van der Waals surface area (Å²) in [5.74, 6) is -1.24. The molecule has 2 aromatic heterocycles. The lowest BCUT2D eigenvalue weighted by Gasteiger charge is -2.19. The molecule has 3 aromatic rings. The SMILES string of the molecule is C=C(OCC)c1ccc2nnc(C(C)c3c(F)cc4c(c3F)C=CCN4)n2n1. The lowest BCUT2D eigenvalue weighted by molar-refractivity contribution is 0.297. The minimum Gasteiger partial charge on any atom is -0.492 e. The third-order valence-electron chi connectivity index (χ3n) is 4.70. The minimum atomic E-state index is -0.710. The molecule has 1 N–H and O–H groups in total. The molecule has 1 aromatic carbocycles. The minimum absolute atomic E-state index is 0.0720. The van der Waals surface area contributed by atoms with Gasteiger partial charge in [0.2, 0.25) is 0 Å². The number of rotatable bonds is 5. The molecule has 0 radical (unpaired) electrons. The van der Waals surface area contributed by atoms with Crippen molar-refractivity contribution in [1.29, 1.82) is 0 Å². The molecule has 0 saturated carbocycles. The molecular formula is C20H19F2N5O. The van der Waals surface area contributed by atoms with E-state index in [9.17, 15) is 4.39 Å². The van der Waals surface area contributed by atoms with Gasteiger partial charge in [0.05, 0.1) is 6.61 Å². The zero-order chi connectivity index (χ0) is 19.8. The third kappa shape index (κ3) is 2.90. The molecule has 8 heteroatoms. The Bertz CT molecular complexity index is 1110. The van der Waals surface area contributed by atoms with Crippen LogP contribution in [0.1, 0.15) is 42.4 Å². The Kier molecular flexibility index (Phi) is 4.54. The van der Waals surface area contributed by atoms with Gasteiger partial charge in [-0.25, -0.2) is 8.78 Å². The number of nitrogens with one attached hydrogen (secondary N) is 1. The van der Waals surface area contributed by atoms with Crippen LogP contribution in [-0.4, -0.2) is 33.0 Å². The van der Waals surface area contributed by atoms with E-state index < -0.39 is 17.6 Å². The van der Waals surface area contributed by atoms with Gasteiger partial charge in [-0.15, -0.1) is 10.2 Å². The summed E-state index contributed by atoms with van der Waals surface area (Å²) in [4.78, 5) is 0. The van der Waals surface area contributed by atoms with Crippen LogP contribution in [-0.2, 0) is 4.74 Å². The molecule has 0 amide bonds. The number of hydrogen-bond acceptors (Lipinski definition) is 5. The van der Waals surface area contributed by atoms with Crippen molar-refractivity contribution in [3.8, 4) is 0 Å². The number of hydrogen-bond donors (Lipinski definition) is 1. The molecule has 0 aliphatic carbocycles. The predicted octanol–water partition coefficient (Wildman–Crippen LogP) is 4.00. The maximum atomic E-state index is 15.1. The molecular weight excluding hydrogens is 364 g/mol. The summed E-state index contributed by atoms with van der Waals surface area (Å²) in [5.41, 5.74) is 1.67. The fraction of sp³-hybridized carbons (Fsp3) is 0.250. The molecule has 1 aliphatic heterocycles. The predicted molar refractivity (Wildman–Crippen MR) is 103 cm³/mol. The second kappa shape index (κ2) is 7.03. The number of ether oxygens (including phenoxy) is 1. The highest BCUT2D eigenvalue weighted by Gasteiger charge is 2.27. The molecule has 28 heavy (non-hydrogen) atoms. The monoisotopic (exact) mass is 383 g/mol. The number of halogens is 2. The fourth-order valence-corrected chi connectivity index (χ4v) is 3.30. The highest BCUT2D eigenvalue weighted by molar-refractivity contribution is 5.71. The summed E-state index contributed by atoms with van der Waals surface area (Å²) < 4.78 is 36.8. The Labute approximate surface area is 160 Å². The number of nitrogens with zero attached hydrogens (tertiary/aromatic N) is 4. The van der Waals surface area contributed by atoms with Gasteiger partial charge in [-0.3, -0.25) is 0 Å². The van der Waals surface area contributed by atoms with Gasteiger partial charge in [-0.05, 0) is 25.1 Å². The standard InChI is InChI=1S/C20H19F2N5O/c1-4-28-12(3)15-7-8-17-24-25-20(27(17)26-15)11(2)18-14(21)10-16-13(19(18)22)6-5-9-23-16/h5-8,10-11,23H,3-4,9H2,1-2H3. The molecule has 1 aliphatic rings. The molecule has 0 spiro atoms. The number of aromatic nitrogens is 4. The third-order valence-corrected chi connectivity index (χ3v) is 4.70. The van der Waals surface area contributed by atoms with Gasteiger partial charge in [0.1, 0.15) is 23.1 Å². The van der Waals surface area contributed by atoms with Gasteiger partial charge in [0.25, 0.3) is 0 Å². The molecule has 3 heterocycles. The van der Waals surface area contributed by atoms with E-state index in [1.807, 2.05) is 6.92 Å². The molecule has 0 fully saturated rings. The van der Waals surface area contributed by atoms with Gasteiger partial charge in [0, 0.05) is 29.3 Å². The van der Waals surface area contributed by atoms with Crippen LogP contribution >= 0.6 is 0 Å². The Morgan fingerprint density at radius 2 is 2.18 bits per heavy atom. The molecule has 1 atom stereocenters. The zero-order valence-electron chi connectivity index (χ0n) is 15.5. The average Bonchev–Trinajstić information content (AvgIpc) is 3.11. The van der Waals surface area contributed by atoms with Crippen molar-refractivity contribution in [3.05, 3.63) is 65.1 Å². The van der Waals surface area contributed by atoms with Crippen LogP contribution < -0.4 is 5.32 Å². The second-order valence-corrected chi connectivity index (χ2v) is 6.46. The van der Waals surface area contributed by atoms with E-state index in [0.29, 0.717) is 47.3 Å². The smallest absolute Gasteiger partial charge is 0.177 e. The van der Waals surface area contributed by atoms with E-state index in [1.165, 1.54) is 10.6 Å². The first-order chi connectivity index (χ1) is 13.5. The summed E-state index contributed by atoms with van der Waals surface area (Å²) in [5, 5.41) is 15.6. The van der Waals surface area contributed by atoms with Crippen molar-refractivity contribution in [2.24, 2.45) is 0 Å². The largest absolute Gasteiger partial charge is 0.492 e. The van der Waals surface area contributed by atoms with E-state index >= 15 is 4.39 Å². The van der Waals surface area contributed by atoms with Gasteiger partial charge in [-0.1, -0.05) is 25.7 Å². The summed E-state index contributed by atoms with van der Waals surface area (Å²) in [6.45, 7) is 8.36. The molecule has 144 valence electrons. The highest BCUT2D eigenvalue weighted by atomic mass is 19.1. The quantitative estimate of drug-likeness (QED) is 0.675. The van der Waals surface area contributed by atoms with Crippen LogP contribution in [0.3, 0.4) is 0 Å². The van der Waals surface area contributed by atoms with Crippen LogP contribution in [0.2, 0.25) is 0 Å². The molecule has 4 rings (SSSR count). The maximum Gasteiger partial charge on any atom is 0.177 e. The first-order valence-electron chi connectivity index (χ1n) is 8.98. The van der Waals surface area contributed by atoms with Gasteiger partial charge >= 0.3 is 0 Å². The number of benzene rings is 1. The molecule has 6 nitrogen and oxygen atoms in total. The second-order valence-electron chi connectivity index (χ2n) is 6.46. The Morgan fingerprint density at radius 3 is 2.96 bits per heavy atom. The first-order valence-corrected chi connectivity index (χ1v) is 8.98. The van der Waals surface area contributed by atoms with Gasteiger partial charge < -0.3 is 10.1 Å².